The van der Waals surface area contributed by atoms with Crippen molar-refractivity contribution < 1.29 is 5.11 Å². The maximum absolute atomic E-state index is 10.1. The molecule has 0 aliphatic rings. The van der Waals surface area contributed by atoms with Crippen molar-refractivity contribution in [3.63, 3.8) is 0 Å². The molecule has 0 amide bonds. The largest absolute Gasteiger partial charge is 0.387 e. The van der Waals surface area contributed by atoms with Gasteiger partial charge in [0.1, 0.15) is 0 Å². The van der Waals surface area contributed by atoms with E-state index in [1.165, 1.54) is 10.4 Å². The van der Waals surface area contributed by atoms with Gasteiger partial charge in [-0.2, -0.15) is 5.26 Å². The first kappa shape index (κ1) is 14.7. The molecule has 2 aromatic rings. The Hall–Kier alpha value is -1.67. The van der Waals surface area contributed by atoms with Crippen molar-refractivity contribution in [3.05, 3.63) is 57.3 Å². The van der Waals surface area contributed by atoms with Crippen molar-refractivity contribution >= 4 is 11.3 Å². The van der Waals surface area contributed by atoms with Crippen molar-refractivity contribution in [2.24, 2.45) is 0 Å². The third kappa shape index (κ3) is 3.67. The third-order valence-corrected chi connectivity index (χ3v) is 4.23. The van der Waals surface area contributed by atoms with Gasteiger partial charge in [-0.3, -0.25) is 0 Å². The summed E-state index contributed by atoms with van der Waals surface area (Å²) < 4.78 is 0. The minimum absolute atomic E-state index is 0.507. The number of aliphatic hydroxyl groups excluding tert-OH is 1. The summed E-state index contributed by atoms with van der Waals surface area (Å²) in [5, 5.41) is 24.2. The molecule has 20 heavy (non-hydrogen) atoms. The Morgan fingerprint density at radius 1 is 1.30 bits per heavy atom. The third-order valence-electron chi connectivity index (χ3n) is 3.27. The minimum Gasteiger partial charge on any atom is -0.387 e. The van der Waals surface area contributed by atoms with Crippen LogP contribution in [0.1, 0.15) is 34.6 Å². The van der Waals surface area contributed by atoms with Gasteiger partial charge in [-0.05, 0) is 41.1 Å². The van der Waals surface area contributed by atoms with E-state index in [4.69, 9.17) is 5.26 Å². The highest BCUT2D eigenvalue weighted by atomic mass is 32.1. The van der Waals surface area contributed by atoms with E-state index in [1.807, 2.05) is 0 Å². The zero-order chi connectivity index (χ0) is 14.4. The van der Waals surface area contributed by atoms with E-state index in [0.29, 0.717) is 12.1 Å². The Morgan fingerprint density at radius 2 is 2.05 bits per heavy atom. The zero-order valence-electron chi connectivity index (χ0n) is 11.5. The molecule has 0 aliphatic heterocycles. The predicted molar refractivity (Wildman–Crippen MR) is 81.5 cm³/mol. The summed E-state index contributed by atoms with van der Waals surface area (Å²) in [6.45, 7) is 3.44. The monoisotopic (exact) mass is 286 g/mol. The van der Waals surface area contributed by atoms with Crippen LogP contribution in [0.5, 0.6) is 0 Å². The molecule has 3 nitrogen and oxygen atoms in total. The minimum atomic E-state index is -0.548. The normalized spacial score (nSPS) is 12.1. The van der Waals surface area contributed by atoms with Gasteiger partial charge in [0.25, 0.3) is 0 Å². The summed E-state index contributed by atoms with van der Waals surface area (Å²) in [5.74, 6) is 0. The molecule has 4 heteroatoms. The van der Waals surface area contributed by atoms with Crippen LogP contribution in [0.2, 0.25) is 0 Å². The summed E-state index contributed by atoms with van der Waals surface area (Å²) in [7, 11) is 0. The van der Waals surface area contributed by atoms with Crippen LogP contribution in [0.4, 0.5) is 0 Å². The van der Waals surface area contributed by atoms with Crippen LogP contribution < -0.4 is 5.32 Å². The van der Waals surface area contributed by atoms with Crippen molar-refractivity contribution in [1.82, 2.24) is 5.32 Å². The van der Waals surface area contributed by atoms with Crippen LogP contribution in [-0.2, 0) is 13.0 Å². The highest BCUT2D eigenvalue weighted by molar-refractivity contribution is 7.10. The molecule has 1 aromatic carbocycles. The second-order valence-corrected chi connectivity index (χ2v) is 5.60. The Kier molecular flexibility index (Phi) is 5.31. The van der Waals surface area contributed by atoms with E-state index in [0.717, 1.165) is 18.5 Å². The van der Waals surface area contributed by atoms with Crippen LogP contribution in [0.25, 0.3) is 0 Å². The van der Waals surface area contributed by atoms with Gasteiger partial charge in [0, 0.05) is 18.0 Å². The van der Waals surface area contributed by atoms with Crippen LogP contribution in [0, 0.1) is 11.3 Å². The molecule has 2 rings (SSSR count). The van der Waals surface area contributed by atoms with E-state index in [9.17, 15) is 5.11 Å². The Bertz CT molecular complexity index is 583. The first-order valence-electron chi connectivity index (χ1n) is 6.68. The SMILES string of the molecule is CCc1ccsc1CNCC(O)c1ccc(C#N)cc1. The highest BCUT2D eigenvalue weighted by Crippen LogP contribution is 2.18. The molecule has 0 fully saturated rings. The number of thiophene rings is 1. The fourth-order valence-corrected chi connectivity index (χ4v) is 3.00. The average Bonchev–Trinajstić information content (AvgIpc) is 2.94. The van der Waals surface area contributed by atoms with E-state index in [2.05, 4.69) is 29.8 Å². The maximum atomic E-state index is 10.1. The lowest BCUT2D eigenvalue weighted by Crippen LogP contribution is -2.21. The van der Waals surface area contributed by atoms with Gasteiger partial charge in [-0.25, -0.2) is 0 Å². The number of hydrogen-bond acceptors (Lipinski definition) is 4. The lowest BCUT2D eigenvalue weighted by Gasteiger charge is -2.12. The summed E-state index contributed by atoms with van der Waals surface area (Å²) in [6.07, 6.45) is 0.492. The molecule has 1 unspecified atom stereocenters. The lowest BCUT2D eigenvalue weighted by molar-refractivity contribution is 0.174. The number of nitriles is 1. The van der Waals surface area contributed by atoms with Crippen LogP contribution in [0.15, 0.2) is 35.7 Å². The van der Waals surface area contributed by atoms with Gasteiger partial charge in [-0.1, -0.05) is 19.1 Å². The smallest absolute Gasteiger partial charge is 0.0991 e. The van der Waals surface area contributed by atoms with Crippen LogP contribution >= 0.6 is 11.3 Å². The Morgan fingerprint density at radius 3 is 2.70 bits per heavy atom. The standard InChI is InChI=1S/C16H18N2OS/c1-2-13-7-8-20-16(13)11-18-10-15(19)14-5-3-12(9-17)4-6-14/h3-8,15,18-19H,2,10-11H2,1H3. The number of nitrogens with zero attached hydrogens (tertiary/aromatic N) is 1. The molecule has 104 valence electrons. The van der Waals surface area contributed by atoms with Crippen molar-refractivity contribution in [2.45, 2.75) is 26.0 Å². The number of benzene rings is 1. The molecule has 0 spiro atoms. The first-order chi connectivity index (χ1) is 9.74. The molecular formula is C16H18N2OS. The van der Waals surface area contributed by atoms with Gasteiger partial charge in [0.05, 0.1) is 17.7 Å². The van der Waals surface area contributed by atoms with E-state index < -0.39 is 6.10 Å². The molecule has 0 bridgehead atoms. The van der Waals surface area contributed by atoms with E-state index >= 15 is 0 Å². The predicted octanol–water partition coefficient (Wildman–Crippen LogP) is 3.01. The van der Waals surface area contributed by atoms with E-state index in [1.54, 1.807) is 35.6 Å². The van der Waals surface area contributed by atoms with Gasteiger partial charge >= 0.3 is 0 Å². The lowest BCUT2D eigenvalue weighted by atomic mass is 10.1. The van der Waals surface area contributed by atoms with Crippen LogP contribution in [-0.4, -0.2) is 11.7 Å². The Balaban J connectivity index is 1.85. The van der Waals surface area contributed by atoms with Crippen molar-refractivity contribution in [1.29, 1.82) is 5.26 Å². The molecular weight excluding hydrogens is 268 g/mol. The number of aliphatic hydroxyl groups is 1. The molecule has 1 heterocycles. The molecule has 1 atom stereocenters. The number of hydrogen-bond donors (Lipinski definition) is 2. The van der Waals surface area contributed by atoms with Gasteiger partial charge in [-0.15, -0.1) is 11.3 Å². The summed E-state index contributed by atoms with van der Waals surface area (Å²) >= 11 is 1.75. The molecule has 0 saturated heterocycles. The second-order valence-electron chi connectivity index (χ2n) is 4.60. The van der Waals surface area contributed by atoms with Crippen LogP contribution in [0.3, 0.4) is 0 Å². The van der Waals surface area contributed by atoms with Gasteiger partial charge in [0.2, 0.25) is 0 Å². The number of nitrogens with one attached hydrogen (secondary N) is 1. The quantitative estimate of drug-likeness (QED) is 0.858. The second kappa shape index (κ2) is 7.20. The molecule has 0 aliphatic carbocycles. The van der Waals surface area contributed by atoms with E-state index in [-0.39, 0.29) is 0 Å². The fraction of sp³-hybridized carbons (Fsp3) is 0.312. The Labute approximate surface area is 123 Å². The molecule has 2 N–H and O–H groups in total. The number of rotatable bonds is 6. The summed E-state index contributed by atoms with van der Waals surface area (Å²) in [4.78, 5) is 1.33. The molecule has 0 saturated carbocycles. The topological polar surface area (TPSA) is 56.0 Å². The zero-order valence-corrected chi connectivity index (χ0v) is 12.3. The number of aryl methyl sites for hydroxylation is 1. The summed E-state index contributed by atoms with van der Waals surface area (Å²) in [5.41, 5.74) is 2.81. The molecule has 0 radical (unpaired) electrons. The average molecular weight is 286 g/mol. The van der Waals surface area contributed by atoms with Gasteiger partial charge < -0.3 is 10.4 Å². The van der Waals surface area contributed by atoms with Gasteiger partial charge in [0.15, 0.2) is 0 Å². The van der Waals surface area contributed by atoms with Crippen molar-refractivity contribution in [2.75, 3.05) is 6.54 Å². The highest BCUT2D eigenvalue weighted by Gasteiger charge is 2.08. The molecule has 1 aromatic heterocycles. The maximum Gasteiger partial charge on any atom is 0.0991 e. The fourth-order valence-electron chi connectivity index (χ4n) is 2.06. The first-order valence-corrected chi connectivity index (χ1v) is 7.56. The van der Waals surface area contributed by atoms with Crippen molar-refractivity contribution in [3.8, 4) is 6.07 Å². The summed E-state index contributed by atoms with van der Waals surface area (Å²) in [6, 6.07) is 11.3.